The highest BCUT2D eigenvalue weighted by Crippen LogP contribution is 2.47. The first kappa shape index (κ1) is 26.7. The molecule has 3 aliphatic carbocycles. The number of halogens is 5. The second kappa shape index (κ2) is 11.1. The summed E-state index contributed by atoms with van der Waals surface area (Å²) in [6.07, 6.45) is 8.27. The van der Waals surface area contributed by atoms with E-state index in [0.29, 0.717) is 29.2 Å². The van der Waals surface area contributed by atoms with Crippen molar-refractivity contribution in [2.75, 3.05) is 0 Å². The van der Waals surface area contributed by atoms with Gasteiger partial charge in [-0.1, -0.05) is 38.0 Å². The molecule has 0 saturated heterocycles. The average Bonchev–Trinajstić information content (AvgIpc) is 2.88. The monoisotopic (exact) mass is 518 g/mol. The Morgan fingerprint density at radius 3 is 1.51 bits per heavy atom. The van der Waals surface area contributed by atoms with E-state index in [2.05, 4.69) is 19.1 Å². The second-order valence-electron chi connectivity index (χ2n) is 12.2. The molecule has 0 nitrogen and oxygen atoms in total. The van der Waals surface area contributed by atoms with Crippen molar-refractivity contribution < 1.29 is 22.0 Å². The summed E-state index contributed by atoms with van der Waals surface area (Å²) in [4.78, 5) is 0. The molecule has 0 radical (unpaired) electrons. The molecule has 37 heavy (non-hydrogen) atoms. The summed E-state index contributed by atoms with van der Waals surface area (Å²) in [6, 6.07) is 9.48. The lowest BCUT2D eigenvalue weighted by molar-refractivity contribution is -0.140. The van der Waals surface area contributed by atoms with Gasteiger partial charge in [-0.25, -0.2) is 8.78 Å². The van der Waals surface area contributed by atoms with Gasteiger partial charge >= 0.3 is 6.18 Å². The van der Waals surface area contributed by atoms with Crippen LogP contribution >= 0.6 is 0 Å². The maximum absolute atomic E-state index is 15.2. The molecule has 2 aromatic carbocycles. The quantitative estimate of drug-likeness (QED) is 0.353. The van der Waals surface area contributed by atoms with E-state index in [1.165, 1.54) is 37.3 Å². The maximum atomic E-state index is 15.2. The second-order valence-corrected chi connectivity index (χ2v) is 12.2. The molecule has 0 N–H and O–H groups in total. The number of hydrogen-bond donors (Lipinski definition) is 0. The van der Waals surface area contributed by atoms with Gasteiger partial charge in [0.2, 0.25) is 0 Å². The van der Waals surface area contributed by atoms with E-state index in [4.69, 9.17) is 0 Å². The predicted molar refractivity (Wildman–Crippen MR) is 138 cm³/mol. The van der Waals surface area contributed by atoms with E-state index in [1.807, 2.05) is 6.07 Å². The van der Waals surface area contributed by atoms with Gasteiger partial charge in [0.25, 0.3) is 0 Å². The van der Waals surface area contributed by atoms with E-state index in [9.17, 15) is 17.6 Å². The fraction of sp³-hybridized carbons (Fsp3) is 0.625. The van der Waals surface area contributed by atoms with Gasteiger partial charge in [0.05, 0.1) is 5.56 Å². The van der Waals surface area contributed by atoms with Crippen LogP contribution in [0.25, 0.3) is 0 Å². The van der Waals surface area contributed by atoms with Crippen LogP contribution in [-0.4, -0.2) is 0 Å². The topological polar surface area (TPSA) is 0 Å². The van der Waals surface area contributed by atoms with Crippen LogP contribution < -0.4 is 0 Å². The Bertz CT molecular complexity index is 1050. The Labute approximate surface area is 218 Å². The largest absolute Gasteiger partial charge is 0.419 e. The molecule has 5 heteroatoms. The Morgan fingerprint density at radius 2 is 1.03 bits per heavy atom. The molecular weight excluding hydrogens is 479 g/mol. The van der Waals surface area contributed by atoms with Gasteiger partial charge in [0, 0.05) is 0 Å². The van der Waals surface area contributed by atoms with Gasteiger partial charge in [-0.15, -0.1) is 0 Å². The zero-order valence-electron chi connectivity index (χ0n) is 21.8. The molecule has 3 fully saturated rings. The zero-order chi connectivity index (χ0) is 26.2. The molecular formula is C32H39F5. The van der Waals surface area contributed by atoms with Gasteiger partial charge in [-0.3, -0.25) is 0 Å². The summed E-state index contributed by atoms with van der Waals surface area (Å²) in [5.41, 5.74) is 1.57. The highest BCUT2D eigenvalue weighted by atomic mass is 19.4. The first-order valence-electron chi connectivity index (χ1n) is 14.3. The van der Waals surface area contributed by atoms with Crippen LogP contribution in [-0.2, 0) is 6.18 Å². The van der Waals surface area contributed by atoms with Crippen molar-refractivity contribution in [1.29, 1.82) is 0 Å². The third-order valence-electron chi connectivity index (χ3n) is 9.93. The van der Waals surface area contributed by atoms with Crippen molar-refractivity contribution in [2.24, 2.45) is 17.8 Å². The van der Waals surface area contributed by atoms with Crippen molar-refractivity contribution in [3.05, 3.63) is 70.3 Å². The first-order valence-corrected chi connectivity index (χ1v) is 14.3. The molecule has 5 rings (SSSR count). The standard InChI is InChI=1S/C32H39F5/c1-20-2-4-23(5-3-20)26-14-16-28(30(33)18-26)25-12-10-22(11-13-25)21-6-8-24(9-7-21)27-15-17-29(31(34)19-27)32(35,36)37/h14-25H,2-13H2,1H3. The van der Waals surface area contributed by atoms with Crippen molar-refractivity contribution in [3.63, 3.8) is 0 Å². The SMILES string of the molecule is CC1CCC(c2ccc(C3CCC(C4CCC(c5ccc(C(F)(F)F)c(F)c5)CC4)CC3)c(F)c2)CC1. The lowest BCUT2D eigenvalue weighted by Gasteiger charge is -2.38. The highest BCUT2D eigenvalue weighted by Gasteiger charge is 2.36. The maximum Gasteiger partial charge on any atom is 0.419 e. The lowest BCUT2D eigenvalue weighted by atomic mass is 9.67. The fourth-order valence-corrected chi connectivity index (χ4v) is 7.56. The fourth-order valence-electron chi connectivity index (χ4n) is 7.56. The van der Waals surface area contributed by atoms with Gasteiger partial charge < -0.3 is 0 Å². The minimum absolute atomic E-state index is 0.0242. The molecule has 0 amide bonds. The van der Waals surface area contributed by atoms with E-state index in [1.54, 1.807) is 0 Å². The summed E-state index contributed by atoms with van der Waals surface area (Å²) in [7, 11) is 0. The molecule has 0 heterocycles. The van der Waals surface area contributed by atoms with E-state index in [-0.39, 0.29) is 11.7 Å². The molecule has 3 aliphatic rings. The molecule has 0 bridgehead atoms. The summed E-state index contributed by atoms with van der Waals surface area (Å²) in [5.74, 6) is 1.77. The Kier molecular flexibility index (Phi) is 7.98. The highest BCUT2D eigenvalue weighted by molar-refractivity contribution is 5.31. The molecule has 0 unspecified atom stereocenters. The molecule has 202 valence electrons. The van der Waals surface area contributed by atoms with Crippen LogP contribution in [0.2, 0.25) is 0 Å². The summed E-state index contributed by atoms with van der Waals surface area (Å²) in [5, 5.41) is 0. The van der Waals surface area contributed by atoms with Crippen LogP contribution in [0.1, 0.15) is 124 Å². The minimum atomic E-state index is -4.65. The smallest absolute Gasteiger partial charge is 0.207 e. The van der Waals surface area contributed by atoms with Crippen LogP contribution in [0.4, 0.5) is 22.0 Å². The van der Waals surface area contributed by atoms with Gasteiger partial charge in [-0.05, 0) is 135 Å². The summed E-state index contributed by atoms with van der Waals surface area (Å²) < 4.78 is 67.9. The molecule has 3 saturated carbocycles. The Hall–Kier alpha value is -1.91. The number of hydrogen-bond acceptors (Lipinski definition) is 0. The third-order valence-corrected chi connectivity index (χ3v) is 9.93. The van der Waals surface area contributed by atoms with Crippen molar-refractivity contribution in [2.45, 2.75) is 108 Å². The number of alkyl halides is 3. The Morgan fingerprint density at radius 1 is 0.568 bits per heavy atom. The lowest BCUT2D eigenvalue weighted by Crippen LogP contribution is -2.25. The van der Waals surface area contributed by atoms with Crippen molar-refractivity contribution in [3.8, 4) is 0 Å². The van der Waals surface area contributed by atoms with Gasteiger partial charge in [0.15, 0.2) is 0 Å². The van der Waals surface area contributed by atoms with E-state index in [0.717, 1.165) is 75.0 Å². The van der Waals surface area contributed by atoms with E-state index < -0.39 is 17.6 Å². The molecule has 0 aromatic heterocycles. The number of benzene rings is 2. The van der Waals surface area contributed by atoms with Gasteiger partial charge in [0.1, 0.15) is 11.6 Å². The summed E-state index contributed by atoms with van der Waals surface area (Å²) >= 11 is 0. The zero-order valence-corrected chi connectivity index (χ0v) is 21.8. The molecule has 0 atom stereocenters. The predicted octanol–water partition coefficient (Wildman–Crippen LogP) is 10.5. The van der Waals surface area contributed by atoms with Crippen LogP contribution in [0, 0.1) is 29.4 Å². The number of rotatable bonds is 4. The summed E-state index contributed by atoms with van der Waals surface area (Å²) in [6.45, 7) is 2.31. The van der Waals surface area contributed by atoms with Crippen LogP contribution in [0.5, 0.6) is 0 Å². The molecule has 0 spiro atoms. The van der Waals surface area contributed by atoms with Crippen molar-refractivity contribution in [1.82, 2.24) is 0 Å². The molecule has 0 aliphatic heterocycles. The van der Waals surface area contributed by atoms with Gasteiger partial charge in [-0.2, -0.15) is 13.2 Å². The average molecular weight is 519 g/mol. The van der Waals surface area contributed by atoms with Crippen LogP contribution in [0.15, 0.2) is 36.4 Å². The Balaban J connectivity index is 1.12. The third kappa shape index (κ3) is 6.06. The van der Waals surface area contributed by atoms with Crippen molar-refractivity contribution >= 4 is 0 Å². The first-order chi connectivity index (χ1) is 17.7. The molecule has 2 aromatic rings. The van der Waals surface area contributed by atoms with Crippen LogP contribution in [0.3, 0.4) is 0 Å². The van der Waals surface area contributed by atoms with E-state index >= 15 is 4.39 Å². The normalized spacial score (nSPS) is 31.3. The minimum Gasteiger partial charge on any atom is -0.207 e.